The number of halogens is 1. The van der Waals surface area contributed by atoms with E-state index >= 15 is 0 Å². The Labute approximate surface area is 169 Å². The third-order valence-corrected chi connectivity index (χ3v) is 8.84. The molecule has 4 aliphatic rings. The van der Waals surface area contributed by atoms with Crippen LogP contribution in [0.3, 0.4) is 0 Å². The SMILES string of the molecule is Cc1c(Cl)cccc1Oc1ccc[n+]2c1CSC2C12CCC(O)(CC1)CC2. The third kappa shape index (κ3) is 2.88. The fourth-order valence-electron chi connectivity index (χ4n) is 5.09. The van der Waals surface area contributed by atoms with Crippen molar-refractivity contribution in [3.05, 3.63) is 52.8 Å². The van der Waals surface area contributed by atoms with Crippen molar-refractivity contribution in [1.82, 2.24) is 0 Å². The molecule has 0 amide bonds. The van der Waals surface area contributed by atoms with E-state index < -0.39 is 0 Å². The summed E-state index contributed by atoms with van der Waals surface area (Å²) in [5.74, 6) is 2.72. The number of fused-ring (bicyclic) bond motifs is 4. The van der Waals surface area contributed by atoms with E-state index in [1.165, 1.54) is 5.69 Å². The second-order valence-corrected chi connectivity index (χ2v) is 9.92. The molecule has 3 saturated carbocycles. The summed E-state index contributed by atoms with van der Waals surface area (Å²) in [6, 6.07) is 9.96. The molecule has 1 aromatic carbocycles. The first-order chi connectivity index (χ1) is 13.0. The number of nitrogens with zero attached hydrogens (tertiary/aromatic N) is 1. The van der Waals surface area contributed by atoms with Gasteiger partial charge in [-0.05, 0) is 63.6 Å². The number of aliphatic hydroxyl groups is 1. The van der Waals surface area contributed by atoms with Crippen LogP contribution in [0.1, 0.15) is 55.2 Å². The van der Waals surface area contributed by atoms with E-state index in [4.69, 9.17) is 16.3 Å². The Morgan fingerprint density at radius 2 is 1.78 bits per heavy atom. The van der Waals surface area contributed by atoms with Gasteiger partial charge < -0.3 is 9.84 Å². The minimum Gasteiger partial charge on any atom is -0.450 e. The standard InChI is InChI=1S/C22H25ClNO2S/c1-15-16(23)4-2-5-18(15)26-19-6-3-13-24-17(19)14-27-20(24)21-7-10-22(25,11-8-21)12-9-21/h2-6,13,20,25H,7-12,14H2,1H3/q+1. The van der Waals surface area contributed by atoms with Gasteiger partial charge in [0.25, 0.3) is 0 Å². The molecular weight excluding hydrogens is 378 g/mol. The van der Waals surface area contributed by atoms with Gasteiger partial charge in [-0.3, -0.25) is 0 Å². The number of thioether (sulfide) groups is 1. The number of hydrogen-bond acceptors (Lipinski definition) is 3. The Bertz CT molecular complexity index is 875. The fourth-order valence-corrected chi connectivity index (χ4v) is 6.93. The second-order valence-electron chi connectivity index (χ2n) is 8.44. The van der Waals surface area contributed by atoms with Gasteiger partial charge in [-0.2, -0.15) is 4.57 Å². The van der Waals surface area contributed by atoms with Crippen molar-refractivity contribution in [3.63, 3.8) is 0 Å². The minimum atomic E-state index is -0.381. The number of ether oxygens (including phenoxy) is 1. The quantitative estimate of drug-likeness (QED) is 0.682. The Kier molecular flexibility index (Phi) is 4.23. The van der Waals surface area contributed by atoms with Gasteiger partial charge in [0.05, 0.1) is 11.4 Å². The van der Waals surface area contributed by atoms with E-state index in [2.05, 4.69) is 22.9 Å². The summed E-state index contributed by atoms with van der Waals surface area (Å²) in [6.07, 6.45) is 8.47. The average molecular weight is 403 g/mol. The zero-order chi connectivity index (χ0) is 18.6. The zero-order valence-corrected chi connectivity index (χ0v) is 17.2. The number of rotatable bonds is 3. The number of pyridine rings is 1. The van der Waals surface area contributed by atoms with Crippen LogP contribution in [0.25, 0.3) is 0 Å². The van der Waals surface area contributed by atoms with Gasteiger partial charge in [0.1, 0.15) is 5.75 Å². The van der Waals surface area contributed by atoms with Gasteiger partial charge >= 0.3 is 0 Å². The molecule has 1 aromatic heterocycles. The Morgan fingerprint density at radius 1 is 1.07 bits per heavy atom. The second kappa shape index (κ2) is 6.40. The molecule has 142 valence electrons. The minimum absolute atomic E-state index is 0.315. The number of hydrogen-bond donors (Lipinski definition) is 1. The highest BCUT2D eigenvalue weighted by atomic mass is 35.5. The van der Waals surface area contributed by atoms with Crippen molar-refractivity contribution in [2.24, 2.45) is 5.41 Å². The van der Waals surface area contributed by atoms with Crippen LogP contribution in [-0.4, -0.2) is 10.7 Å². The van der Waals surface area contributed by atoms with Gasteiger partial charge in [0, 0.05) is 22.1 Å². The molecule has 27 heavy (non-hydrogen) atoms. The van der Waals surface area contributed by atoms with Crippen LogP contribution in [0, 0.1) is 12.3 Å². The first kappa shape index (κ1) is 17.8. The summed E-state index contributed by atoms with van der Waals surface area (Å²) in [7, 11) is 0. The molecule has 3 nitrogen and oxygen atoms in total. The summed E-state index contributed by atoms with van der Waals surface area (Å²) in [4.78, 5) is 0. The lowest BCUT2D eigenvalue weighted by Crippen LogP contribution is -2.54. The third-order valence-electron chi connectivity index (χ3n) is 6.95. The molecular formula is C22H25ClNO2S+. The lowest BCUT2D eigenvalue weighted by atomic mass is 9.58. The molecule has 6 rings (SSSR count). The monoisotopic (exact) mass is 402 g/mol. The molecule has 0 saturated heterocycles. The van der Waals surface area contributed by atoms with E-state index in [9.17, 15) is 5.11 Å². The van der Waals surface area contributed by atoms with Crippen molar-refractivity contribution in [3.8, 4) is 11.5 Å². The molecule has 1 unspecified atom stereocenters. The fraction of sp³-hybridized carbons (Fsp3) is 0.500. The molecule has 1 N–H and O–H groups in total. The maximum Gasteiger partial charge on any atom is 0.235 e. The number of benzene rings is 1. The summed E-state index contributed by atoms with van der Waals surface area (Å²) >= 11 is 8.30. The predicted molar refractivity (Wildman–Crippen MR) is 108 cm³/mol. The van der Waals surface area contributed by atoms with E-state index in [1.807, 2.05) is 36.9 Å². The first-order valence-electron chi connectivity index (χ1n) is 9.80. The number of aromatic nitrogens is 1. The lowest BCUT2D eigenvalue weighted by molar-refractivity contribution is -0.716. The largest absolute Gasteiger partial charge is 0.450 e. The van der Waals surface area contributed by atoms with Crippen molar-refractivity contribution in [2.45, 2.75) is 62.2 Å². The Balaban J connectivity index is 1.47. The molecule has 0 radical (unpaired) electrons. The van der Waals surface area contributed by atoms with Crippen molar-refractivity contribution < 1.29 is 14.4 Å². The highest BCUT2D eigenvalue weighted by molar-refractivity contribution is 7.98. The van der Waals surface area contributed by atoms with Gasteiger partial charge in [-0.25, -0.2) is 0 Å². The molecule has 5 heteroatoms. The Morgan fingerprint density at radius 3 is 2.52 bits per heavy atom. The van der Waals surface area contributed by atoms with Crippen LogP contribution in [0.2, 0.25) is 5.02 Å². The highest BCUT2D eigenvalue weighted by Crippen LogP contribution is 2.60. The zero-order valence-electron chi connectivity index (χ0n) is 15.6. The molecule has 1 aliphatic heterocycles. The van der Waals surface area contributed by atoms with E-state index in [0.717, 1.165) is 66.4 Å². The van der Waals surface area contributed by atoms with Crippen molar-refractivity contribution >= 4 is 23.4 Å². The summed E-state index contributed by atoms with van der Waals surface area (Å²) in [5.41, 5.74) is 2.16. The lowest BCUT2D eigenvalue weighted by Gasteiger charge is -2.51. The summed E-state index contributed by atoms with van der Waals surface area (Å²) < 4.78 is 8.74. The molecule has 3 aliphatic carbocycles. The molecule has 1 atom stereocenters. The van der Waals surface area contributed by atoms with Crippen LogP contribution >= 0.6 is 23.4 Å². The molecule has 2 aromatic rings. The van der Waals surface area contributed by atoms with E-state index in [-0.39, 0.29) is 5.60 Å². The predicted octanol–water partition coefficient (Wildman–Crippen LogP) is 5.56. The summed E-state index contributed by atoms with van der Waals surface area (Å²) in [5, 5.41) is 11.8. The maximum atomic E-state index is 10.6. The normalized spacial score (nSPS) is 31.7. The molecule has 2 bridgehead atoms. The van der Waals surface area contributed by atoms with Crippen LogP contribution < -0.4 is 9.30 Å². The smallest absolute Gasteiger partial charge is 0.235 e. The van der Waals surface area contributed by atoms with E-state index in [0.29, 0.717) is 10.8 Å². The van der Waals surface area contributed by atoms with Gasteiger partial charge in [0.15, 0.2) is 11.9 Å². The van der Waals surface area contributed by atoms with Crippen LogP contribution in [0.15, 0.2) is 36.5 Å². The van der Waals surface area contributed by atoms with Gasteiger partial charge in [0.2, 0.25) is 11.1 Å². The van der Waals surface area contributed by atoms with Crippen molar-refractivity contribution in [1.29, 1.82) is 0 Å². The van der Waals surface area contributed by atoms with Crippen LogP contribution in [0.5, 0.6) is 11.5 Å². The Hall–Kier alpha value is -1.23. The maximum absolute atomic E-state index is 10.6. The van der Waals surface area contributed by atoms with Crippen molar-refractivity contribution in [2.75, 3.05) is 0 Å². The molecule has 3 fully saturated rings. The van der Waals surface area contributed by atoms with Crippen LogP contribution in [-0.2, 0) is 5.75 Å². The van der Waals surface area contributed by atoms with E-state index in [1.54, 1.807) is 0 Å². The highest BCUT2D eigenvalue weighted by Gasteiger charge is 2.57. The topological polar surface area (TPSA) is 33.3 Å². The molecule has 0 spiro atoms. The first-order valence-corrected chi connectivity index (χ1v) is 11.2. The van der Waals surface area contributed by atoms with Gasteiger partial charge in [-0.15, -0.1) is 0 Å². The average Bonchev–Trinajstić information content (AvgIpc) is 3.12. The summed E-state index contributed by atoms with van der Waals surface area (Å²) in [6.45, 7) is 2.00. The van der Waals surface area contributed by atoms with Gasteiger partial charge in [-0.1, -0.05) is 29.4 Å². The molecule has 2 heterocycles. The van der Waals surface area contributed by atoms with Crippen LogP contribution in [0.4, 0.5) is 0 Å².